The Bertz CT molecular complexity index is 1080. The van der Waals surface area contributed by atoms with E-state index in [0.717, 1.165) is 22.7 Å². The lowest BCUT2D eigenvalue weighted by atomic mass is 10.1. The molecule has 1 aliphatic heterocycles. The molecule has 0 bridgehead atoms. The third-order valence-electron chi connectivity index (χ3n) is 4.96. The molecule has 8 nitrogen and oxygen atoms in total. The number of amides is 3. The van der Waals surface area contributed by atoms with Crippen molar-refractivity contribution in [3.8, 4) is 5.75 Å². The number of hydrogen-bond donors (Lipinski definition) is 3. The van der Waals surface area contributed by atoms with Crippen LogP contribution in [0.5, 0.6) is 5.75 Å². The highest BCUT2D eigenvalue weighted by Crippen LogP contribution is 2.25. The first-order valence-electron chi connectivity index (χ1n) is 9.86. The van der Waals surface area contributed by atoms with E-state index >= 15 is 0 Å². The predicted molar refractivity (Wildman–Crippen MR) is 121 cm³/mol. The van der Waals surface area contributed by atoms with Crippen LogP contribution in [0.2, 0.25) is 0 Å². The molecule has 9 heteroatoms. The maximum absolute atomic E-state index is 12.7. The van der Waals surface area contributed by atoms with E-state index in [-0.39, 0.29) is 18.0 Å². The van der Waals surface area contributed by atoms with E-state index in [0.29, 0.717) is 23.9 Å². The molecule has 0 spiro atoms. The lowest BCUT2D eigenvalue weighted by Crippen LogP contribution is -2.29. The largest absolute Gasteiger partial charge is 0.497 e. The predicted octanol–water partition coefficient (Wildman–Crippen LogP) is 3.92. The maximum Gasteiger partial charge on any atom is 0.321 e. The van der Waals surface area contributed by atoms with Gasteiger partial charge in [0.25, 0.3) is 5.91 Å². The summed E-state index contributed by atoms with van der Waals surface area (Å²) in [4.78, 5) is 30.7. The highest BCUT2D eigenvalue weighted by atomic mass is 32.1. The number of hydrogen-bond acceptors (Lipinski definition) is 6. The average molecular weight is 438 g/mol. The van der Waals surface area contributed by atoms with E-state index in [2.05, 4.69) is 20.9 Å². The van der Waals surface area contributed by atoms with Gasteiger partial charge in [0.05, 0.1) is 13.2 Å². The molecule has 0 radical (unpaired) electrons. The van der Waals surface area contributed by atoms with Gasteiger partial charge in [-0.25, -0.2) is 9.78 Å². The fraction of sp³-hybridized carbons (Fsp3) is 0.227. The van der Waals surface area contributed by atoms with Gasteiger partial charge in [-0.3, -0.25) is 9.69 Å². The maximum atomic E-state index is 12.7. The van der Waals surface area contributed by atoms with Crippen LogP contribution in [0.25, 0.3) is 0 Å². The summed E-state index contributed by atoms with van der Waals surface area (Å²) in [5.41, 5.74) is 2.94. The Labute approximate surface area is 184 Å². The summed E-state index contributed by atoms with van der Waals surface area (Å²) >= 11 is 1.36. The van der Waals surface area contributed by atoms with E-state index in [9.17, 15) is 9.59 Å². The summed E-state index contributed by atoms with van der Waals surface area (Å²) < 4.78 is 5.15. The molecule has 2 aromatic carbocycles. The first-order chi connectivity index (χ1) is 15.0. The second kappa shape index (κ2) is 9.05. The van der Waals surface area contributed by atoms with Crippen LogP contribution in [-0.4, -0.2) is 37.1 Å². The van der Waals surface area contributed by atoms with Crippen LogP contribution >= 0.6 is 11.3 Å². The summed E-state index contributed by atoms with van der Waals surface area (Å²) in [7, 11) is 1.62. The van der Waals surface area contributed by atoms with Crippen molar-refractivity contribution in [2.45, 2.75) is 13.0 Å². The van der Waals surface area contributed by atoms with Gasteiger partial charge in [-0.15, -0.1) is 11.3 Å². The Morgan fingerprint density at radius 1 is 1.26 bits per heavy atom. The molecule has 4 rings (SSSR count). The fourth-order valence-corrected chi connectivity index (χ4v) is 3.98. The van der Waals surface area contributed by atoms with Crippen LogP contribution in [0.1, 0.15) is 29.0 Å². The monoisotopic (exact) mass is 437 g/mol. The molecule has 3 N–H and O–H groups in total. The number of carbonyl (C=O) groups is 2. The topological polar surface area (TPSA) is 95.6 Å². The third-order valence-corrected chi connectivity index (χ3v) is 5.72. The quantitative estimate of drug-likeness (QED) is 0.521. The molecule has 3 aromatic rings. The fourth-order valence-electron chi connectivity index (χ4n) is 3.27. The number of ether oxygens (including phenoxy) is 1. The van der Waals surface area contributed by atoms with Crippen molar-refractivity contribution in [1.82, 2.24) is 15.6 Å². The Hall–Kier alpha value is -3.59. The van der Waals surface area contributed by atoms with Crippen LogP contribution in [-0.2, 0) is 0 Å². The zero-order valence-corrected chi connectivity index (χ0v) is 18.0. The zero-order valence-electron chi connectivity index (χ0n) is 17.2. The van der Waals surface area contributed by atoms with Gasteiger partial charge in [0.15, 0.2) is 5.13 Å². The van der Waals surface area contributed by atoms with Crippen molar-refractivity contribution in [2.75, 3.05) is 30.4 Å². The van der Waals surface area contributed by atoms with Crippen LogP contribution in [0, 0.1) is 0 Å². The summed E-state index contributed by atoms with van der Waals surface area (Å²) in [6, 6.07) is 14.8. The number of nitrogens with zero attached hydrogens (tertiary/aromatic N) is 2. The minimum atomic E-state index is -0.254. The summed E-state index contributed by atoms with van der Waals surface area (Å²) in [6.07, 6.45) is 0. The average Bonchev–Trinajstić information content (AvgIpc) is 3.43. The van der Waals surface area contributed by atoms with Crippen LogP contribution in [0.3, 0.4) is 0 Å². The summed E-state index contributed by atoms with van der Waals surface area (Å²) in [5.74, 6) is 0.518. The van der Waals surface area contributed by atoms with Crippen molar-refractivity contribution in [1.29, 1.82) is 0 Å². The van der Waals surface area contributed by atoms with Crippen molar-refractivity contribution in [2.24, 2.45) is 0 Å². The second-order valence-electron chi connectivity index (χ2n) is 7.07. The minimum absolute atomic E-state index is 0.104. The summed E-state index contributed by atoms with van der Waals surface area (Å²) in [5, 5.41) is 11.3. The number of aromatic nitrogens is 1. The molecule has 3 amide bonds. The van der Waals surface area contributed by atoms with E-state index in [1.54, 1.807) is 17.4 Å². The molecule has 1 unspecified atom stereocenters. The number of benzene rings is 2. The van der Waals surface area contributed by atoms with Gasteiger partial charge in [-0.2, -0.15) is 0 Å². The third kappa shape index (κ3) is 4.77. The molecule has 160 valence electrons. The van der Waals surface area contributed by atoms with E-state index < -0.39 is 0 Å². The van der Waals surface area contributed by atoms with Crippen LogP contribution in [0.4, 0.5) is 21.3 Å². The lowest BCUT2D eigenvalue weighted by Gasteiger charge is -2.18. The number of anilines is 3. The standard InChI is InChI=1S/C22H23N5O3S/c1-14(15-4-3-5-17(12-15)27-11-10-23-22(27)29)24-20(28)19-13-31-21(26-19)25-16-6-8-18(30-2)9-7-16/h3-9,12-14H,10-11H2,1-2H3,(H,23,29)(H,24,28)(H,25,26). The molecular formula is C22H23N5O3S. The molecule has 1 aliphatic rings. The Balaban J connectivity index is 1.39. The first-order valence-corrected chi connectivity index (χ1v) is 10.7. The molecular weight excluding hydrogens is 414 g/mol. The first kappa shape index (κ1) is 20.7. The summed E-state index contributed by atoms with van der Waals surface area (Å²) in [6.45, 7) is 3.17. The number of carbonyl (C=O) groups excluding carboxylic acids is 2. The Morgan fingerprint density at radius 2 is 2.06 bits per heavy atom. The van der Waals surface area contributed by atoms with Gasteiger partial charge in [0.1, 0.15) is 11.4 Å². The number of methoxy groups -OCH3 is 1. The molecule has 1 aromatic heterocycles. The SMILES string of the molecule is COc1ccc(Nc2nc(C(=O)NC(C)c3cccc(N4CCNC4=O)c3)cs2)cc1. The molecule has 0 saturated carbocycles. The highest BCUT2D eigenvalue weighted by Gasteiger charge is 2.22. The number of nitrogens with one attached hydrogen (secondary N) is 3. The van der Waals surface area contributed by atoms with Gasteiger partial charge in [-0.1, -0.05) is 12.1 Å². The highest BCUT2D eigenvalue weighted by molar-refractivity contribution is 7.14. The molecule has 1 saturated heterocycles. The Morgan fingerprint density at radius 3 is 2.77 bits per heavy atom. The molecule has 1 fully saturated rings. The van der Waals surface area contributed by atoms with E-state index in [1.165, 1.54) is 11.3 Å². The van der Waals surface area contributed by atoms with Gasteiger partial charge < -0.3 is 20.7 Å². The normalized spacial score (nSPS) is 14.1. The van der Waals surface area contributed by atoms with Gasteiger partial charge in [0, 0.05) is 29.8 Å². The molecule has 2 heterocycles. The Kier molecular flexibility index (Phi) is 6.03. The van der Waals surface area contributed by atoms with Crippen molar-refractivity contribution in [3.63, 3.8) is 0 Å². The van der Waals surface area contributed by atoms with Crippen molar-refractivity contribution >= 4 is 39.8 Å². The lowest BCUT2D eigenvalue weighted by molar-refractivity contribution is 0.0935. The van der Waals surface area contributed by atoms with E-state index in [4.69, 9.17) is 4.74 Å². The molecule has 1 atom stereocenters. The zero-order chi connectivity index (χ0) is 21.8. The van der Waals surface area contributed by atoms with Gasteiger partial charge in [-0.05, 0) is 48.9 Å². The van der Waals surface area contributed by atoms with Crippen LogP contribution < -0.4 is 25.6 Å². The number of thiazole rings is 1. The van der Waals surface area contributed by atoms with Gasteiger partial charge >= 0.3 is 6.03 Å². The second-order valence-corrected chi connectivity index (χ2v) is 7.92. The number of urea groups is 1. The number of rotatable bonds is 7. The molecule has 31 heavy (non-hydrogen) atoms. The van der Waals surface area contributed by atoms with E-state index in [1.807, 2.05) is 55.5 Å². The van der Waals surface area contributed by atoms with Crippen molar-refractivity contribution < 1.29 is 14.3 Å². The smallest absolute Gasteiger partial charge is 0.321 e. The molecule has 0 aliphatic carbocycles. The van der Waals surface area contributed by atoms with Gasteiger partial charge in [0.2, 0.25) is 0 Å². The van der Waals surface area contributed by atoms with Crippen molar-refractivity contribution in [3.05, 3.63) is 65.2 Å². The van der Waals surface area contributed by atoms with Crippen LogP contribution in [0.15, 0.2) is 53.9 Å². The minimum Gasteiger partial charge on any atom is -0.497 e.